The number of fused-ring (bicyclic) bond motifs is 2. The van der Waals surface area contributed by atoms with Crippen LogP contribution in [-0.2, 0) is 17.8 Å². The minimum absolute atomic E-state index is 0.201. The number of nitrogens with one attached hydrogen (secondary N) is 1. The molecule has 36 heavy (non-hydrogen) atoms. The summed E-state index contributed by atoms with van der Waals surface area (Å²) >= 11 is 6.39. The van der Waals surface area contributed by atoms with Crippen LogP contribution in [0.25, 0.3) is 22.2 Å². The van der Waals surface area contributed by atoms with E-state index in [1.54, 1.807) is 16.7 Å². The number of aliphatic hydroxyl groups excluding tert-OH is 1. The third kappa shape index (κ3) is 4.75. The lowest BCUT2D eigenvalue weighted by Crippen LogP contribution is -2.36. The molecule has 0 radical (unpaired) electrons. The predicted octanol–water partition coefficient (Wildman–Crippen LogP) is 5.19. The molecule has 3 heterocycles. The Hall–Kier alpha value is -2.87. The van der Waals surface area contributed by atoms with Crippen molar-refractivity contribution in [2.24, 2.45) is 5.92 Å². The predicted molar refractivity (Wildman–Crippen MR) is 140 cm³/mol. The van der Waals surface area contributed by atoms with Gasteiger partial charge < -0.3 is 15.2 Å². The molecule has 1 unspecified atom stereocenters. The Kier molecular flexibility index (Phi) is 6.57. The second-order valence-corrected chi connectivity index (χ2v) is 11.2. The summed E-state index contributed by atoms with van der Waals surface area (Å²) in [7, 11) is 0. The van der Waals surface area contributed by atoms with E-state index in [1.807, 2.05) is 39.0 Å². The number of carbonyl (C=O) groups excluding carboxylic acids is 2. The first-order valence-corrected chi connectivity index (χ1v) is 12.8. The third-order valence-electron chi connectivity index (χ3n) is 6.89. The van der Waals surface area contributed by atoms with E-state index in [0.29, 0.717) is 34.3 Å². The first kappa shape index (κ1) is 24.8. The van der Waals surface area contributed by atoms with Crippen LogP contribution < -0.4 is 5.32 Å². The van der Waals surface area contributed by atoms with Gasteiger partial charge in [-0.05, 0) is 75.9 Å². The van der Waals surface area contributed by atoms with E-state index in [0.717, 1.165) is 54.5 Å². The van der Waals surface area contributed by atoms with Gasteiger partial charge in [-0.1, -0.05) is 23.7 Å². The molecular weight excluding hydrogens is 478 g/mol. The summed E-state index contributed by atoms with van der Waals surface area (Å²) in [5, 5.41) is 13.8. The maximum atomic E-state index is 13.4. The number of halogens is 1. The van der Waals surface area contributed by atoms with Gasteiger partial charge in [0, 0.05) is 47.8 Å². The molecule has 0 saturated carbocycles. The number of nitrogens with zero attached hydrogens (tertiary/aromatic N) is 2. The summed E-state index contributed by atoms with van der Waals surface area (Å²) in [4.78, 5) is 28.5. The number of aromatic nitrogens is 1. The van der Waals surface area contributed by atoms with E-state index in [4.69, 9.17) is 16.3 Å². The van der Waals surface area contributed by atoms with Crippen molar-refractivity contribution >= 4 is 34.5 Å². The minimum atomic E-state index is -0.679. The quantitative estimate of drug-likeness (QED) is 0.505. The van der Waals surface area contributed by atoms with Crippen LogP contribution in [0.5, 0.6) is 0 Å². The number of benzene rings is 2. The summed E-state index contributed by atoms with van der Waals surface area (Å²) in [6.45, 7) is 8.74. The van der Waals surface area contributed by atoms with E-state index < -0.39 is 11.7 Å². The van der Waals surface area contributed by atoms with Crippen LogP contribution in [0.4, 0.5) is 4.79 Å². The van der Waals surface area contributed by atoms with Crippen molar-refractivity contribution in [3.8, 4) is 11.3 Å². The normalized spacial score (nSPS) is 18.4. The fraction of sp³-hybridized carbons (Fsp3) is 0.429. The molecule has 190 valence electrons. The Bertz CT molecular complexity index is 1340. The lowest BCUT2D eigenvalue weighted by atomic mass is 9.98. The smallest absolute Gasteiger partial charge is 0.419 e. The highest BCUT2D eigenvalue weighted by atomic mass is 35.5. The fourth-order valence-electron chi connectivity index (χ4n) is 5.29. The Morgan fingerprint density at radius 2 is 2.03 bits per heavy atom. The highest BCUT2D eigenvalue weighted by Gasteiger charge is 2.30. The van der Waals surface area contributed by atoms with E-state index in [-0.39, 0.29) is 12.5 Å². The molecule has 1 fully saturated rings. The zero-order valence-corrected chi connectivity index (χ0v) is 21.7. The standard InChI is InChI=1S/C28H32ClN3O4/c1-28(2,3)36-27(35)32-23-9-6-17(14-31-10-4-5-18(15-31)16-33)11-19(23)12-24(32)20-7-8-22(29)21-13-30-26(34)25(20)21/h6-9,11-12,18,33H,4-5,10,13-16H2,1-3H3,(H,30,34). The summed E-state index contributed by atoms with van der Waals surface area (Å²) < 4.78 is 7.32. The van der Waals surface area contributed by atoms with E-state index >= 15 is 0 Å². The lowest BCUT2D eigenvalue weighted by Gasteiger charge is -2.31. The first-order chi connectivity index (χ1) is 17.1. The maximum absolute atomic E-state index is 13.4. The molecule has 5 rings (SSSR count). The van der Waals surface area contributed by atoms with Crippen LogP contribution in [0.2, 0.25) is 5.02 Å². The van der Waals surface area contributed by atoms with Gasteiger partial charge in [0.05, 0.1) is 16.8 Å². The third-order valence-corrected chi connectivity index (χ3v) is 7.25. The Morgan fingerprint density at radius 3 is 2.78 bits per heavy atom. The molecular formula is C28H32ClN3O4. The van der Waals surface area contributed by atoms with Crippen molar-refractivity contribution in [3.05, 3.63) is 58.1 Å². The lowest BCUT2D eigenvalue weighted by molar-refractivity contribution is 0.0547. The van der Waals surface area contributed by atoms with Crippen LogP contribution >= 0.6 is 11.6 Å². The maximum Gasteiger partial charge on any atom is 0.419 e. The molecule has 1 aromatic heterocycles. The summed E-state index contributed by atoms with van der Waals surface area (Å²) in [5.74, 6) is 0.119. The Balaban J connectivity index is 1.60. The molecule has 2 aromatic carbocycles. The summed E-state index contributed by atoms with van der Waals surface area (Å²) in [5.41, 5.74) is 3.66. The fourth-order valence-corrected chi connectivity index (χ4v) is 5.52. The summed E-state index contributed by atoms with van der Waals surface area (Å²) in [6.07, 6.45) is 1.65. The van der Waals surface area contributed by atoms with Gasteiger partial charge in [0.25, 0.3) is 5.91 Å². The molecule has 2 aliphatic heterocycles. The number of carbonyl (C=O) groups is 2. The molecule has 0 bridgehead atoms. The molecule has 1 saturated heterocycles. The van der Waals surface area contributed by atoms with Gasteiger partial charge in [-0.3, -0.25) is 9.69 Å². The van der Waals surface area contributed by atoms with Crippen molar-refractivity contribution in [1.29, 1.82) is 0 Å². The van der Waals surface area contributed by atoms with Crippen LogP contribution in [0, 0.1) is 5.92 Å². The van der Waals surface area contributed by atoms with Gasteiger partial charge in [0.2, 0.25) is 0 Å². The topological polar surface area (TPSA) is 83.8 Å². The second-order valence-electron chi connectivity index (χ2n) is 10.8. The first-order valence-electron chi connectivity index (χ1n) is 12.5. The SMILES string of the molecule is CC(C)(C)OC(=O)n1c(-c2ccc(Cl)c3c2C(=O)NC3)cc2cc(CN3CCCC(CO)C3)ccc21. The molecule has 8 heteroatoms. The second kappa shape index (κ2) is 9.54. The molecule has 7 nitrogen and oxygen atoms in total. The van der Waals surface area contributed by atoms with Gasteiger partial charge in [-0.25, -0.2) is 9.36 Å². The molecule has 0 spiro atoms. The molecule has 2 aliphatic rings. The Labute approximate surface area is 216 Å². The van der Waals surface area contributed by atoms with Crippen molar-refractivity contribution in [2.75, 3.05) is 19.7 Å². The van der Waals surface area contributed by atoms with E-state index in [1.165, 1.54) is 0 Å². The summed E-state index contributed by atoms with van der Waals surface area (Å²) in [6, 6.07) is 11.6. The van der Waals surface area contributed by atoms with Gasteiger partial charge >= 0.3 is 6.09 Å². The average Bonchev–Trinajstić information content (AvgIpc) is 3.40. The highest BCUT2D eigenvalue weighted by molar-refractivity contribution is 6.32. The van der Waals surface area contributed by atoms with Gasteiger partial charge in [-0.2, -0.15) is 0 Å². The highest BCUT2D eigenvalue weighted by Crippen LogP contribution is 2.37. The average molecular weight is 510 g/mol. The number of likely N-dealkylation sites (tertiary alicyclic amines) is 1. The number of rotatable bonds is 4. The zero-order valence-electron chi connectivity index (χ0n) is 20.9. The molecule has 2 N–H and O–H groups in total. The Morgan fingerprint density at radius 1 is 1.22 bits per heavy atom. The largest absolute Gasteiger partial charge is 0.443 e. The van der Waals surface area contributed by atoms with Crippen LogP contribution in [0.15, 0.2) is 36.4 Å². The van der Waals surface area contributed by atoms with Crippen molar-refractivity contribution in [2.45, 2.75) is 52.3 Å². The monoisotopic (exact) mass is 509 g/mol. The van der Waals surface area contributed by atoms with E-state index in [2.05, 4.69) is 16.3 Å². The number of hydrogen-bond acceptors (Lipinski definition) is 5. The van der Waals surface area contributed by atoms with E-state index in [9.17, 15) is 14.7 Å². The van der Waals surface area contributed by atoms with Gasteiger partial charge in [-0.15, -0.1) is 0 Å². The number of aliphatic hydroxyl groups is 1. The molecule has 3 aromatic rings. The zero-order chi connectivity index (χ0) is 25.6. The van der Waals surface area contributed by atoms with Crippen molar-refractivity contribution < 1.29 is 19.4 Å². The molecule has 0 aliphatic carbocycles. The number of hydrogen-bond donors (Lipinski definition) is 2. The number of amides is 1. The van der Waals surface area contributed by atoms with Gasteiger partial charge in [0.15, 0.2) is 0 Å². The van der Waals surface area contributed by atoms with Crippen LogP contribution in [0.3, 0.4) is 0 Å². The van der Waals surface area contributed by atoms with Crippen molar-refractivity contribution in [3.63, 3.8) is 0 Å². The van der Waals surface area contributed by atoms with Crippen molar-refractivity contribution in [1.82, 2.24) is 14.8 Å². The number of ether oxygens (including phenoxy) is 1. The molecule has 1 amide bonds. The van der Waals surface area contributed by atoms with Gasteiger partial charge in [0.1, 0.15) is 5.60 Å². The molecule has 1 atom stereocenters. The number of piperidine rings is 1. The van der Waals surface area contributed by atoms with Crippen LogP contribution in [-0.4, -0.2) is 51.9 Å². The minimum Gasteiger partial charge on any atom is -0.443 e. The van der Waals surface area contributed by atoms with Crippen LogP contribution in [0.1, 0.15) is 55.1 Å².